The highest BCUT2D eigenvalue weighted by molar-refractivity contribution is 5.91. The Morgan fingerprint density at radius 1 is 1.17 bits per heavy atom. The van der Waals surface area contributed by atoms with Gasteiger partial charge in [0.1, 0.15) is 5.82 Å². The third-order valence-electron chi connectivity index (χ3n) is 5.02. The maximum Gasteiger partial charge on any atom is 0.352 e. The van der Waals surface area contributed by atoms with Crippen LogP contribution in [-0.2, 0) is 6.54 Å². The molecule has 1 heterocycles. The van der Waals surface area contributed by atoms with Crippen LogP contribution in [0.1, 0.15) is 34.5 Å². The molecule has 1 N–H and O–H groups in total. The second-order valence-electron chi connectivity index (χ2n) is 7.55. The van der Waals surface area contributed by atoms with Crippen molar-refractivity contribution < 1.29 is 9.18 Å². The van der Waals surface area contributed by atoms with Crippen LogP contribution in [0, 0.1) is 18.7 Å². The summed E-state index contributed by atoms with van der Waals surface area (Å²) < 4.78 is 15.3. The van der Waals surface area contributed by atoms with Crippen molar-refractivity contribution in [3.63, 3.8) is 0 Å². The maximum absolute atomic E-state index is 13.3. The Morgan fingerprint density at radius 3 is 2.57 bits per heavy atom. The van der Waals surface area contributed by atoms with E-state index < -0.39 is 23.0 Å². The highest BCUT2D eigenvalue weighted by Crippen LogP contribution is 2.27. The molecule has 1 saturated carbocycles. The molecule has 0 atom stereocenters. The van der Waals surface area contributed by atoms with Gasteiger partial charge in [0.2, 0.25) is 5.69 Å². The number of rotatable bonds is 6. The van der Waals surface area contributed by atoms with Crippen LogP contribution in [0.2, 0.25) is 0 Å². The number of nitrogens with one attached hydrogen (secondary N) is 1. The molecule has 1 fully saturated rings. The lowest BCUT2D eigenvalue weighted by atomic mass is 10.1. The van der Waals surface area contributed by atoms with Gasteiger partial charge in [-0.15, -0.1) is 0 Å². The molecule has 0 bridgehead atoms. The Hall–Kier alpha value is -3.55. The van der Waals surface area contributed by atoms with Crippen molar-refractivity contribution in [2.45, 2.75) is 26.3 Å². The number of hydrogen-bond acceptors (Lipinski definition) is 4. The molecular weight excluding hydrogens is 387 g/mol. The molecule has 1 aliphatic rings. The van der Waals surface area contributed by atoms with Gasteiger partial charge in [0.05, 0.1) is 12.2 Å². The Bertz CT molecular complexity index is 1210. The van der Waals surface area contributed by atoms with E-state index in [9.17, 15) is 18.8 Å². The lowest BCUT2D eigenvalue weighted by molar-refractivity contribution is 0.0942. The van der Waals surface area contributed by atoms with E-state index in [4.69, 9.17) is 0 Å². The SMILES string of the molecule is Cc1cccc(Cn2c(=O)c(C(=O)NCC3CC3)nn(-c3ccc(F)cc3)c2=O)c1. The number of aryl methyl sites for hydroxylation is 1. The van der Waals surface area contributed by atoms with Crippen molar-refractivity contribution >= 4 is 5.91 Å². The van der Waals surface area contributed by atoms with Crippen LogP contribution in [0.25, 0.3) is 5.69 Å². The monoisotopic (exact) mass is 408 g/mol. The molecule has 3 aromatic rings. The van der Waals surface area contributed by atoms with Gasteiger partial charge in [0.15, 0.2) is 0 Å². The summed E-state index contributed by atoms with van der Waals surface area (Å²) in [7, 11) is 0. The minimum absolute atomic E-state index is 0.00797. The molecule has 4 rings (SSSR count). The third-order valence-corrected chi connectivity index (χ3v) is 5.02. The first-order valence-corrected chi connectivity index (χ1v) is 9.76. The summed E-state index contributed by atoms with van der Waals surface area (Å²) >= 11 is 0. The van der Waals surface area contributed by atoms with Crippen LogP contribution < -0.4 is 16.6 Å². The number of carbonyl (C=O) groups is 1. The minimum Gasteiger partial charge on any atom is -0.350 e. The van der Waals surface area contributed by atoms with Crippen LogP contribution in [0.5, 0.6) is 0 Å². The van der Waals surface area contributed by atoms with E-state index in [-0.39, 0.29) is 17.9 Å². The highest BCUT2D eigenvalue weighted by atomic mass is 19.1. The Kier molecular flexibility index (Phi) is 5.31. The van der Waals surface area contributed by atoms with Crippen LogP contribution in [0.4, 0.5) is 4.39 Å². The molecule has 0 aliphatic heterocycles. The quantitative estimate of drug-likeness (QED) is 0.676. The Morgan fingerprint density at radius 2 is 1.90 bits per heavy atom. The predicted molar refractivity (Wildman–Crippen MR) is 109 cm³/mol. The average Bonchev–Trinajstić information content (AvgIpc) is 3.55. The Labute approximate surface area is 171 Å². The number of aromatic nitrogens is 3. The van der Waals surface area contributed by atoms with Crippen LogP contribution in [0.15, 0.2) is 58.1 Å². The zero-order valence-corrected chi connectivity index (χ0v) is 16.5. The minimum atomic E-state index is -0.756. The number of hydrogen-bond donors (Lipinski definition) is 1. The van der Waals surface area contributed by atoms with Crippen molar-refractivity contribution in [1.29, 1.82) is 0 Å². The molecule has 7 nitrogen and oxygen atoms in total. The molecule has 30 heavy (non-hydrogen) atoms. The summed E-state index contributed by atoms with van der Waals surface area (Å²) in [5.74, 6) is -0.672. The van der Waals surface area contributed by atoms with Gasteiger partial charge in [0.25, 0.3) is 11.5 Å². The molecule has 8 heteroatoms. The zero-order valence-electron chi connectivity index (χ0n) is 16.5. The zero-order chi connectivity index (χ0) is 21.3. The van der Waals surface area contributed by atoms with Crippen molar-refractivity contribution in [3.05, 3.63) is 92.0 Å². The van der Waals surface area contributed by atoms with Gasteiger partial charge in [-0.3, -0.25) is 14.2 Å². The van der Waals surface area contributed by atoms with Gasteiger partial charge in [-0.25, -0.2) is 9.18 Å². The number of amides is 1. The molecule has 1 aromatic heterocycles. The fourth-order valence-electron chi connectivity index (χ4n) is 3.18. The second kappa shape index (κ2) is 8.06. The van der Waals surface area contributed by atoms with Crippen molar-refractivity contribution in [3.8, 4) is 5.69 Å². The van der Waals surface area contributed by atoms with E-state index >= 15 is 0 Å². The van der Waals surface area contributed by atoms with Gasteiger partial charge in [0, 0.05) is 6.54 Å². The van der Waals surface area contributed by atoms with E-state index in [1.807, 2.05) is 25.1 Å². The summed E-state index contributed by atoms with van der Waals surface area (Å²) in [6, 6.07) is 12.5. The molecule has 0 unspecified atom stereocenters. The van der Waals surface area contributed by atoms with E-state index in [2.05, 4.69) is 10.4 Å². The number of halogens is 1. The summed E-state index contributed by atoms with van der Waals surface area (Å²) in [6.07, 6.45) is 2.08. The van der Waals surface area contributed by atoms with Crippen molar-refractivity contribution in [2.24, 2.45) is 5.92 Å². The van der Waals surface area contributed by atoms with Gasteiger partial charge in [-0.05, 0) is 55.5 Å². The van der Waals surface area contributed by atoms with Crippen molar-refractivity contribution in [1.82, 2.24) is 19.7 Å². The topological polar surface area (TPSA) is 86.0 Å². The smallest absolute Gasteiger partial charge is 0.350 e. The van der Waals surface area contributed by atoms with E-state index in [1.54, 1.807) is 6.07 Å². The maximum atomic E-state index is 13.3. The molecule has 1 amide bonds. The number of carbonyl (C=O) groups excluding carboxylic acids is 1. The average molecular weight is 408 g/mol. The second-order valence-corrected chi connectivity index (χ2v) is 7.55. The molecule has 2 aromatic carbocycles. The summed E-state index contributed by atoms with van der Waals surface area (Å²) in [5.41, 5.74) is 0.161. The Balaban J connectivity index is 1.81. The van der Waals surface area contributed by atoms with Crippen molar-refractivity contribution in [2.75, 3.05) is 6.54 Å². The molecule has 0 radical (unpaired) electrons. The van der Waals surface area contributed by atoms with Gasteiger partial charge in [-0.1, -0.05) is 29.8 Å². The normalized spacial score (nSPS) is 13.3. The first-order valence-electron chi connectivity index (χ1n) is 9.76. The first-order chi connectivity index (χ1) is 14.4. The van der Waals surface area contributed by atoms with E-state index in [1.165, 1.54) is 24.3 Å². The van der Waals surface area contributed by atoms with Gasteiger partial charge >= 0.3 is 5.69 Å². The van der Waals surface area contributed by atoms with Crippen LogP contribution in [-0.4, -0.2) is 26.8 Å². The van der Waals surface area contributed by atoms with Gasteiger partial charge < -0.3 is 5.32 Å². The number of nitrogens with zero attached hydrogens (tertiary/aromatic N) is 3. The largest absolute Gasteiger partial charge is 0.352 e. The lowest BCUT2D eigenvalue weighted by Gasteiger charge is -2.12. The molecule has 0 saturated heterocycles. The van der Waals surface area contributed by atoms with Gasteiger partial charge in [-0.2, -0.15) is 9.78 Å². The summed E-state index contributed by atoms with van der Waals surface area (Å²) in [4.78, 5) is 38.7. The standard InChI is InChI=1S/C22H21FN4O3/c1-14-3-2-4-16(11-14)13-26-21(29)19(20(28)24-12-15-5-6-15)25-27(22(26)30)18-9-7-17(23)8-10-18/h2-4,7-11,15H,5-6,12-13H2,1H3,(H,24,28). The van der Waals surface area contributed by atoms with Crippen LogP contribution in [0.3, 0.4) is 0 Å². The highest BCUT2D eigenvalue weighted by Gasteiger charge is 2.25. The lowest BCUT2D eigenvalue weighted by Crippen LogP contribution is -2.46. The number of benzene rings is 2. The molecule has 1 aliphatic carbocycles. The summed E-state index contributed by atoms with van der Waals surface area (Å²) in [5, 5.41) is 6.75. The van der Waals surface area contributed by atoms with E-state index in [0.717, 1.165) is 33.2 Å². The first kappa shape index (κ1) is 19.8. The third kappa shape index (κ3) is 4.22. The fourth-order valence-corrected chi connectivity index (χ4v) is 3.18. The molecule has 0 spiro atoms. The summed E-state index contributed by atoms with van der Waals surface area (Å²) in [6.45, 7) is 2.37. The fraction of sp³-hybridized carbons (Fsp3) is 0.273. The predicted octanol–water partition coefficient (Wildman–Crippen LogP) is 2.03. The molecular formula is C22H21FN4O3. The van der Waals surface area contributed by atoms with E-state index in [0.29, 0.717) is 12.5 Å². The molecule has 154 valence electrons. The van der Waals surface area contributed by atoms with Crippen LogP contribution >= 0.6 is 0 Å².